The molecule has 0 atom stereocenters. The lowest BCUT2D eigenvalue weighted by molar-refractivity contribution is -0.115. The molecule has 0 aliphatic carbocycles. The standard InChI is InChI=1S/C17H14BrN3OS/c1-11-7-13(18)4-5-15(11)21-16(22)8-14-10-23-17(20-14)12-3-2-6-19-9-12/h2-7,9-10H,8H2,1H3,(H,21,22). The van der Waals surface area contributed by atoms with Crippen LogP contribution in [0.4, 0.5) is 5.69 Å². The number of thiazole rings is 1. The molecular formula is C17H14BrN3OS. The van der Waals surface area contributed by atoms with Gasteiger partial charge in [0.1, 0.15) is 5.01 Å². The van der Waals surface area contributed by atoms with Crippen LogP contribution in [0.2, 0.25) is 0 Å². The molecule has 0 bridgehead atoms. The van der Waals surface area contributed by atoms with E-state index >= 15 is 0 Å². The number of rotatable bonds is 4. The van der Waals surface area contributed by atoms with Crippen molar-refractivity contribution in [3.05, 3.63) is 63.8 Å². The smallest absolute Gasteiger partial charge is 0.230 e. The quantitative estimate of drug-likeness (QED) is 0.718. The molecule has 3 rings (SSSR count). The Morgan fingerprint density at radius 1 is 1.35 bits per heavy atom. The van der Waals surface area contributed by atoms with E-state index in [1.165, 1.54) is 11.3 Å². The lowest BCUT2D eigenvalue weighted by atomic mass is 10.2. The van der Waals surface area contributed by atoms with Gasteiger partial charge in [0.05, 0.1) is 12.1 Å². The number of carbonyl (C=O) groups excluding carboxylic acids is 1. The largest absolute Gasteiger partial charge is 0.326 e. The molecule has 1 aromatic carbocycles. The predicted octanol–water partition coefficient (Wildman–Crippen LogP) is 4.46. The number of amides is 1. The minimum absolute atomic E-state index is 0.0709. The summed E-state index contributed by atoms with van der Waals surface area (Å²) < 4.78 is 0.994. The zero-order valence-electron chi connectivity index (χ0n) is 12.4. The summed E-state index contributed by atoms with van der Waals surface area (Å²) in [6.07, 6.45) is 3.76. The summed E-state index contributed by atoms with van der Waals surface area (Å²) in [5, 5.41) is 5.72. The van der Waals surface area contributed by atoms with E-state index < -0.39 is 0 Å². The van der Waals surface area contributed by atoms with Crippen LogP contribution in [0.3, 0.4) is 0 Å². The minimum Gasteiger partial charge on any atom is -0.326 e. The van der Waals surface area contributed by atoms with Crippen molar-refractivity contribution in [3.63, 3.8) is 0 Å². The lowest BCUT2D eigenvalue weighted by Crippen LogP contribution is -2.15. The summed E-state index contributed by atoms with van der Waals surface area (Å²) in [4.78, 5) is 20.8. The van der Waals surface area contributed by atoms with Crippen LogP contribution in [-0.4, -0.2) is 15.9 Å². The maximum absolute atomic E-state index is 12.2. The van der Waals surface area contributed by atoms with Gasteiger partial charge in [-0.25, -0.2) is 4.98 Å². The highest BCUT2D eigenvalue weighted by molar-refractivity contribution is 9.10. The van der Waals surface area contributed by atoms with Crippen LogP contribution >= 0.6 is 27.3 Å². The van der Waals surface area contributed by atoms with Crippen molar-refractivity contribution in [1.82, 2.24) is 9.97 Å². The predicted molar refractivity (Wildman–Crippen MR) is 96.6 cm³/mol. The van der Waals surface area contributed by atoms with Crippen molar-refractivity contribution in [1.29, 1.82) is 0 Å². The molecule has 0 aliphatic rings. The van der Waals surface area contributed by atoms with E-state index in [-0.39, 0.29) is 12.3 Å². The Kier molecular flexibility index (Phi) is 4.83. The molecule has 0 spiro atoms. The fourth-order valence-corrected chi connectivity index (χ4v) is 3.42. The van der Waals surface area contributed by atoms with Crippen molar-refractivity contribution < 1.29 is 4.79 Å². The Morgan fingerprint density at radius 3 is 2.96 bits per heavy atom. The van der Waals surface area contributed by atoms with E-state index in [0.29, 0.717) is 0 Å². The Balaban J connectivity index is 1.68. The molecule has 2 heterocycles. The van der Waals surface area contributed by atoms with Gasteiger partial charge in [-0.15, -0.1) is 11.3 Å². The summed E-state index contributed by atoms with van der Waals surface area (Å²) in [7, 11) is 0. The molecule has 3 aromatic rings. The lowest BCUT2D eigenvalue weighted by Gasteiger charge is -2.07. The fraction of sp³-hybridized carbons (Fsp3) is 0.118. The molecule has 4 nitrogen and oxygen atoms in total. The molecule has 0 unspecified atom stereocenters. The molecule has 116 valence electrons. The highest BCUT2D eigenvalue weighted by Crippen LogP contribution is 2.23. The average molecular weight is 388 g/mol. The Morgan fingerprint density at radius 2 is 2.22 bits per heavy atom. The highest BCUT2D eigenvalue weighted by Gasteiger charge is 2.10. The molecule has 6 heteroatoms. The summed E-state index contributed by atoms with van der Waals surface area (Å²) in [6.45, 7) is 1.96. The Bertz CT molecular complexity index is 833. The van der Waals surface area contributed by atoms with Crippen molar-refractivity contribution >= 4 is 38.9 Å². The second-order valence-electron chi connectivity index (χ2n) is 5.07. The number of nitrogens with zero attached hydrogens (tertiary/aromatic N) is 2. The number of benzene rings is 1. The number of anilines is 1. The van der Waals surface area contributed by atoms with Gasteiger partial charge in [0, 0.05) is 33.5 Å². The highest BCUT2D eigenvalue weighted by atomic mass is 79.9. The molecule has 0 aliphatic heterocycles. The van der Waals surface area contributed by atoms with Crippen molar-refractivity contribution in [3.8, 4) is 10.6 Å². The Hall–Kier alpha value is -2.05. The molecular weight excluding hydrogens is 374 g/mol. The topological polar surface area (TPSA) is 54.9 Å². The van der Waals surface area contributed by atoms with Crippen LogP contribution in [0.1, 0.15) is 11.3 Å². The first-order valence-electron chi connectivity index (χ1n) is 7.02. The van der Waals surface area contributed by atoms with Crippen LogP contribution in [0.5, 0.6) is 0 Å². The van der Waals surface area contributed by atoms with Gasteiger partial charge in [-0.2, -0.15) is 0 Å². The Labute approximate surface area is 146 Å². The number of nitrogens with one attached hydrogen (secondary N) is 1. The van der Waals surface area contributed by atoms with Gasteiger partial charge in [-0.1, -0.05) is 15.9 Å². The summed E-state index contributed by atoms with van der Waals surface area (Å²) >= 11 is 4.93. The molecule has 0 saturated heterocycles. The van der Waals surface area contributed by atoms with Gasteiger partial charge in [0.15, 0.2) is 0 Å². The molecule has 1 N–H and O–H groups in total. The van der Waals surface area contributed by atoms with Gasteiger partial charge in [-0.05, 0) is 42.8 Å². The van der Waals surface area contributed by atoms with Gasteiger partial charge >= 0.3 is 0 Å². The molecule has 2 aromatic heterocycles. The number of pyridine rings is 1. The molecule has 0 saturated carbocycles. The van der Waals surface area contributed by atoms with Crippen LogP contribution in [0.25, 0.3) is 10.6 Å². The number of carbonyl (C=O) groups is 1. The van der Waals surface area contributed by atoms with E-state index in [2.05, 4.69) is 31.2 Å². The zero-order chi connectivity index (χ0) is 16.2. The fourth-order valence-electron chi connectivity index (χ4n) is 2.14. The van der Waals surface area contributed by atoms with Crippen LogP contribution in [0.15, 0.2) is 52.6 Å². The van der Waals surface area contributed by atoms with Crippen molar-refractivity contribution in [2.24, 2.45) is 0 Å². The first-order valence-corrected chi connectivity index (χ1v) is 8.70. The van der Waals surface area contributed by atoms with E-state index in [9.17, 15) is 4.79 Å². The normalized spacial score (nSPS) is 10.5. The number of hydrogen-bond acceptors (Lipinski definition) is 4. The third kappa shape index (κ3) is 4.03. The van der Waals surface area contributed by atoms with Crippen LogP contribution < -0.4 is 5.32 Å². The zero-order valence-corrected chi connectivity index (χ0v) is 14.8. The second kappa shape index (κ2) is 7.02. The molecule has 0 fully saturated rings. The van der Waals surface area contributed by atoms with Gasteiger partial charge < -0.3 is 5.32 Å². The second-order valence-corrected chi connectivity index (χ2v) is 6.84. The van der Waals surface area contributed by atoms with Crippen LogP contribution in [-0.2, 0) is 11.2 Å². The van der Waals surface area contributed by atoms with Crippen molar-refractivity contribution in [2.45, 2.75) is 13.3 Å². The molecule has 0 radical (unpaired) electrons. The van der Waals surface area contributed by atoms with E-state index in [1.54, 1.807) is 12.4 Å². The number of hydrogen-bond donors (Lipinski definition) is 1. The minimum atomic E-state index is -0.0709. The summed E-state index contributed by atoms with van der Waals surface area (Å²) in [6, 6.07) is 9.60. The summed E-state index contributed by atoms with van der Waals surface area (Å²) in [5.74, 6) is -0.0709. The first kappa shape index (κ1) is 15.8. The van der Waals surface area contributed by atoms with Gasteiger partial charge in [-0.3, -0.25) is 9.78 Å². The molecule has 1 amide bonds. The maximum Gasteiger partial charge on any atom is 0.230 e. The third-order valence-corrected chi connectivity index (χ3v) is 4.70. The third-order valence-electron chi connectivity index (χ3n) is 3.26. The average Bonchev–Trinajstić information content (AvgIpc) is 2.99. The van der Waals surface area contributed by atoms with Crippen LogP contribution in [0, 0.1) is 6.92 Å². The van der Waals surface area contributed by atoms with E-state index in [1.807, 2.05) is 42.6 Å². The SMILES string of the molecule is Cc1cc(Br)ccc1NC(=O)Cc1csc(-c2cccnc2)n1. The monoisotopic (exact) mass is 387 g/mol. The first-order chi connectivity index (χ1) is 11.1. The van der Waals surface area contributed by atoms with Gasteiger partial charge in [0.25, 0.3) is 0 Å². The number of aryl methyl sites for hydroxylation is 1. The number of aromatic nitrogens is 2. The van der Waals surface area contributed by atoms with E-state index in [4.69, 9.17) is 0 Å². The van der Waals surface area contributed by atoms with E-state index in [0.717, 1.165) is 32.0 Å². The molecule has 23 heavy (non-hydrogen) atoms. The van der Waals surface area contributed by atoms with Crippen molar-refractivity contribution in [2.75, 3.05) is 5.32 Å². The number of halogens is 1. The van der Waals surface area contributed by atoms with Gasteiger partial charge in [0.2, 0.25) is 5.91 Å². The summed E-state index contributed by atoms with van der Waals surface area (Å²) in [5.41, 5.74) is 3.57. The maximum atomic E-state index is 12.2.